The van der Waals surface area contributed by atoms with Gasteiger partial charge in [-0.1, -0.05) is 0 Å². The van der Waals surface area contributed by atoms with E-state index in [4.69, 9.17) is 9.84 Å². The van der Waals surface area contributed by atoms with E-state index in [2.05, 4.69) is 25.4 Å². The molecule has 22 heavy (non-hydrogen) atoms. The molecule has 0 spiro atoms. The SMILES string of the molecule is CN(C)/C=N\c1nnnc2c1ncn2[C@H]1C[C@H](O)[C@@H](CO)O1. The van der Waals surface area contributed by atoms with Gasteiger partial charge < -0.3 is 19.8 Å². The number of fused-ring (bicyclic) bond motifs is 1. The van der Waals surface area contributed by atoms with Crippen LogP contribution < -0.4 is 0 Å². The molecule has 2 aromatic heterocycles. The highest BCUT2D eigenvalue weighted by Gasteiger charge is 2.35. The molecule has 2 N–H and O–H groups in total. The third-order valence-corrected chi connectivity index (χ3v) is 3.36. The van der Waals surface area contributed by atoms with Gasteiger partial charge in [0.25, 0.3) is 0 Å². The minimum Gasteiger partial charge on any atom is -0.394 e. The van der Waals surface area contributed by atoms with Crippen molar-refractivity contribution in [1.82, 2.24) is 29.9 Å². The van der Waals surface area contributed by atoms with Crippen LogP contribution in [-0.2, 0) is 4.74 Å². The topological polar surface area (TPSA) is 122 Å². The first-order valence-electron chi connectivity index (χ1n) is 6.81. The molecule has 1 aliphatic heterocycles. The molecule has 10 heteroatoms. The molecule has 2 aromatic rings. The molecule has 1 aliphatic rings. The Morgan fingerprint density at radius 1 is 1.50 bits per heavy atom. The van der Waals surface area contributed by atoms with E-state index in [-0.39, 0.29) is 6.61 Å². The van der Waals surface area contributed by atoms with Gasteiger partial charge in [0.1, 0.15) is 12.3 Å². The lowest BCUT2D eigenvalue weighted by Gasteiger charge is -2.13. The van der Waals surface area contributed by atoms with Crippen molar-refractivity contribution in [2.75, 3.05) is 20.7 Å². The summed E-state index contributed by atoms with van der Waals surface area (Å²) in [6.07, 6.45) is 1.70. The number of ether oxygens (including phenoxy) is 1. The molecule has 1 saturated heterocycles. The van der Waals surface area contributed by atoms with Crippen molar-refractivity contribution in [2.24, 2.45) is 4.99 Å². The van der Waals surface area contributed by atoms with Gasteiger partial charge in [-0.15, -0.1) is 10.2 Å². The van der Waals surface area contributed by atoms with Gasteiger partial charge in [-0.2, -0.15) is 0 Å². The monoisotopic (exact) mass is 307 g/mol. The molecule has 0 aliphatic carbocycles. The van der Waals surface area contributed by atoms with Crippen LogP contribution in [0.5, 0.6) is 0 Å². The predicted molar refractivity (Wildman–Crippen MR) is 76.6 cm³/mol. The Bertz CT molecular complexity index is 686. The number of aliphatic imine (C=N–C) groups is 1. The van der Waals surface area contributed by atoms with Crippen LogP contribution in [0.15, 0.2) is 11.3 Å². The normalized spacial score (nSPS) is 25.4. The number of aliphatic hydroxyl groups is 2. The van der Waals surface area contributed by atoms with E-state index in [0.717, 1.165) is 0 Å². The van der Waals surface area contributed by atoms with E-state index >= 15 is 0 Å². The third kappa shape index (κ3) is 2.63. The van der Waals surface area contributed by atoms with Crippen molar-refractivity contribution in [2.45, 2.75) is 24.9 Å². The molecule has 1 fully saturated rings. The Labute approximate surface area is 126 Å². The third-order valence-electron chi connectivity index (χ3n) is 3.36. The quantitative estimate of drug-likeness (QED) is 0.549. The van der Waals surface area contributed by atoms with Crippen molar-refractivity contribution in [3.8, 4) is 0 Å². The Morgan fingerprint density at radius 2 is 2.32 bits per heavy atom. The molecule has 0 amide bonds. The van der Waals surface area contributed by atoms with E-state index in [1.807, 2.05) is 14.1 Å². The Kier molecular flexibility index (Phi) is 3.96. The molecule has 0 bridgehead atoms. The minimum atomic E-state index is -0.728. The number of aliphatic hydroxyl groups excluding tert-OH is 2. The Morgan fingerprint density at radius 3 is 3.00 bits per heavy atom. The van der Waals surface area contributed by atoms with Crippen LogP contribution in [0.3, 0.4) is 0 Å². The maximum Gasteiger partial charge on any atom is 0.207 e. The minimum absolute atomic E-state index is 0.240. The van der Waals surface area contributed by atoms with Crippen molar-refractivity contribution in [3.05, 3.63) is 6.33 Å². The average molecular weight is 307 g/mol. The maximum atomic E-state index is 9.83. The van der Waals surface area contributed by atoms with E-state index in [0.29, 0.717) is 23.4 Å². The summed E-state index contributed by atoms with van der Waals surface area (Å²) in [7, 11) is 3.69. The van der Waals surface area contributed by atoms with Gasteiger partial charge in [0.15, 0.2) is 11.2 Å². The van der Waals surface area contributed by atoms with Gasteiger partial charge >= 0.3 is 0 Å². The summed E-state index contributed by atoms with van der Waals surface area (Å²) in [5.41, 5.74) is 0.968. The van der Waals surface area contributed by atoms with Gasteiger partial charge in [-0.3, -0.25) is 4.57 Å². The lowest BCUT2D eigenvalue weighted by molar-refractivity contribution is -0.0432. The van der Waals surface area contributed by atoms with E-state index in [9.17, 15) is 5.11 Å². The van der Waals surface area contributed by atoms with E-state index < -0.39 is 18.4 Å². The molecular weight excluding hydrogens is 290 g/mol. The molecule has 3 rings (SSSR count). The zero-order valence-electron chi connectivity index (χ0n) is 12.2. The Hall–Kier alpha value is -2.17. The molecule has 0 radical (unpaired) electrons. The summed E-state index contributed by atoms with van der Waals surface area (Å²) in [4.78, 5) is 10.2. The van der Waals surface area contributed by atoms with Crippen LogP contribution in [-0.4, -0.2) is 79.3 Å². The van der Waals surface area contributed by atoms with Crippen molar-refractivity contribution >= 4 is 23.3 Å². The summed E-state index contributed by atoms with van der Waals surface area (Å²) in [5, 5.41) is 30.5. The van der Waals surface area contributed by atoms with Gasteiger partial charge in [-0.05, 0) is 5.21 Å². The van der Waals surface area contributed by atoms with Gasteiger partial charge in [0.2, 0.25) is 5.82 Å². The Balaban J connectivity index is 1.95. The zero-order chi connectivity index (χ0) is 15.7. The molecule has 3 atom stereocenters. The highest BCUT2D eigenvalue weighted by atomic mass is 16.5. The second-order valence-electron chi connectivity index (χ2n) is 5.26. The second-order valence-corrected chi connectivity index (χ2v) is 5.26. The highest BCUT2D eigenvalue weighted by Crippen LogP contribution is 2.31. The van der Waals surface area contributed by atoms with Crippen LogP contribution in [0.2, 0.25) is 0 Å². The zero-order valence-corrected chi connectivity index (χ0v) is 12.2. The van der Waals surface area contributed by atoms with Crippen LogP contribution in [0.1, 0.15) is 12.6 Å². The van der Waals surface area contributed by atoms with E-state index in [1.165, 1.54) is 0 Å². The first-order chi connectivity index (χ1) is 10.6. The fourth-order valence-corrected chi connectivity index (χ4v) is 2.28. The lowest BCUT2D eigenvalue weighted by atomic mass is 10.2. The predicted octanol–water partition coefficient (Wildman–Crippen LogP) is -0.917. The van der Waals surface area contributed by atoms with Crippen LogP contribution in [0.25, 0.3) is 11.2 Å². The number of rotatable bonds is 4. The van der Waals surface area contributed by atoms with Gasteiger partial charge in [-0.25, -0.2) is 9.98 Å². The molecular formula is C12H17N7O3. The van der Waals surface area contributed by atoms with Crippen LogP contribution >= 0.6 is 0 Å². The molecule has 118 valence electrons. The standard InChI is InChI=1S/C12H17N7O3/c1-18(2)5-14-11-10-12(16-17-15-11)19(6-13-10)9-3-7(21)8(4-20)22-9/h5-9,20-21H,3-4H2,1-2H3/b14-5-/t7-,8+,9+/m0/s1. The first kappa shape index (κ1) is 14.8. The van der Waals surface area contributed by atoms with Crippen LogP contribution in [0, 0.1) is 0 Å². The summed E-state index contributed by atoms with van der Waals surface area (Å²) < 4.78 is 7.27. The highest BCUT2D eigenvalue weighted by molar-refractivity contribution is 5.82. The molecule has 3 heterocycles. The van der Waals surface area contributed by atoms with E-state index in [1.54, 1.807) is 22.1 Å². The number of imidazole rings is 1. The molecule has 0 aromatic carbocycles. The average Bonchev–Trinajstić information content (AvgIpc) is 3.08. The number of aromatic nitrogens is 5. The molecule has 10 nitrogen and oxygen atoms in total. The summed E-state index contributed by atoms with van der Waals surface area (Å²) in [5.74, 6) is 0.356. The molecule has 0 saturated carbocycles. The van der Waals surface area contributed by atoms with Gasteiger partial charge in [0.05, 0.1) is 25.4 Å². The fourth-order valence-electron chi connectivity index (χ4n) is 2.28. The summed E-state index contributed by atoms with van der Waals surface area (Å²) in [6.45, 7) is -0.240. The van der Waals surface area contributed by atoms with Crippen molar-refractivity contribution in [3.63, 3.8) is 0 Å². The smallest absolute Gasteiger partial charge is 0.207 e. The second kappa shape index (κ2) is 5.91. The van der Waals surface area contributed by atoms with Gasteiger partial charge in [0, 0.05) is 20.5 Å². The number of hydrogen-bond acceptors (Lipinski definition) is 8. The van der Waals surface area contributed by atoms with Crippen molar-refractivity contribution in [1.29, 1.82) is 0 Å². The summed E-state index contributed by atoms with van der Waals surface area (Å²) >= 11 is 0. The first-order valence-corrected chi connectivity index (χ1v) is 6.81. The maximum absolute atomic E-state index is 9.83. The van der Waals surface area contributed by atoms with Crippen LogP contribution in [0.4, 0.5) is 5.82 Å². The molecule has 0 unspecified atom stereocenters. The number of hydrogen-bond donors (Lipinski definition) is 2. The van der Waals surface area contributed by atoms with Crippen molar-refractivity contribution < 1.29 is 14.9 Å². The number of nitrogens with zero attached hydrogens (tertiary/aromatic N) is 7. The fraction of sp³-hybridized carbons (Fsp3) is 0.583. The lowest BCUT2D eigenvalue weighted by Crippen LogP contribution is -2.24. The largest absolute Gasteiger partial charge is 0.394 e. The summed E-state index contributed by atoms with van der Waals surface area (Å²) in [6, 6.07) is 0.